The van der Waals surface area contributed by atoms with Gasteiger partial charge in [-0.2, -0.15) is 13.2 Å². The van der Waals surface area contributed by atoms with Gasteiger partial charge in [0, 0.05) is 16.2 Å². The Labute approximate surface area is 142 Å². The minimum absolute atomic E-state index is 0.185. The summed E-state index contributed by atoms with van der Waals surface area (Å²) >= 11 is 2.26. The number of allylic oxidation sites excluding steroid dienone is 1. The van der Waals surface area contributed by atoms with Crippen molar-refractivity contribution in [2.24, 2.45) is 0 Å². The number of ketones is 1. The molecule has 0 spiro atoms. The van der Waals surface area contributed by atoms with Crippen molar-refractivity contribution in [3.8, 4) is 5.75 Å². The minimum Gasteiger partial charge on any atom is -0.497 e. The summed E-state index contributed by atoms with van der Waals surface area (Å²) in [5, 5.41) is 0. The average Bonchev–Trinajstić information content (AvgIpc) is 2.51. The van der Waals surface area contributed by atoms with Gasteiger partial charge in [-0.25, -0.2) is 0 Å². The number of methoxy groups -OCH3 is 1. The molecule has 0 aliphatic heterocycles. The van der Waals surface area contributed by atoms with E-state index in [9.17, 15) is 18.0 Å². The Bertz CT molecular complexity index is 543. The maximum absolute atomic E-state index is 13.4. The maximum Gasteiger partial charge on any atom is 0.414 e. The third kappa shape index (κ3) is 6.14. The fourth-order valence-corrected chi connectivity index (χ4v) is 4.09. The average molecular weight is 364 g/mol. The van der Waals surface area contributed by atoms with Crippen molar-refractivity contribution in [2.45, 2.75) is 26.4 Å². The molecule has 0 N–H and O–H groups in total. The Morgan fingerprint density at radius 2 is 1.61 bits per heavy atom. The van der Waals surface area contributed by atoms with Crippen LogP contribution in [0, 0.1) is 0 Å². The molecule has 0 aromatic heterocycles. The van der Waals surface area contributed by atoms with Gasteiger partial charge in [0.25, 0.3) is 0 Å². The second kappa shape index (κ2) is 9.27. The van der Waals surface area contributed by atoms with E-state index in [1.165, 1.54) is 19.2 Å². The van der Waals surface area contributed by atoms with Crippen LogP contribution in [0.15, 0.2) is 34.1 Å². The molecule has 0 aliphatic carbocycles. The van der Waals surface area contributed by atoms with E-state index in [-0.39, 0.29) is 9.80 Å². The second-order valence-electron chi connectivity index (χ2n) is 4.46. The molecular weight excluding hydrogens is 345 g/mol. The van der Waals surface area contributed by atoms with Gasteiger partial charge in [0.05, 0.1) is 12.7 Å². The van der Waals surface area contributed by atoms with Crippen LogP contribution in [0.2, 0.25) is 0 Å². The number of hydrogen-bond donors (Lipinski definition) is 0. The molecule has 0 fully saturated rings. The smallest absolute Gasteiger partial charge is 0.414 e. The van der Waals surface area contributed by atoms with Crippen LogP contribution in [0.25, 0.3) is 0 Å². The van der Waals surface area contributed by atoms with Crippen LogP contribution in [0.1, 0.15) is 30.6 Å². The quantitative estimate of drug-likeness (QED) is 0.565. The predicted octanol–water partition coefficient (Wildman–Crippen LogP) is 5.55. The van der Waals surface area contributed by atoms with E-state index in [1.807, 2.05) is 0 Å². The number of carbonyl (C=O) groups is 1. The number of benzene rings is 1. The largest absolute Gasteiger partial charge is 0.497 e. The molecule has 1 rings (SSSR count). The lowest BCUT2D eigenvalue weighted by Crippen LogP contribution is -2.17. The Balaban J connectivity index is 3.08. The van der Waals surface area contributed by atoms with Crippen LogP contribution in [0.5, 0.6) is 5.75 Å². The highest BCUT2D eigenvalue weighted by atomic mass is 32.2. The summed E-state index contributed by atoms with van der Waals surface area (Å²) < 4.78 is 45.2. The van der Waals surface area contributed by atoms with Crippen molar-refractivity contribution in [1.29, 1.82) is 0 Å². The lowest BCUT2D eigenvalue weighted by Gasteiger charge is -2.16. The highest BCUT2D eigenvalue weighted by molar-refractivity contribution is 8.22. The summed E-state index contributed by atoms with van der Waals surface area (Å²) in [4.78, 5) is 12.2. The maximum atomic E-state index is 13.4. The van der Waals surface area contributed by atoms with Crippen LogP contribution in [-0.4, -0.2) is 30.6 Å². The van der Waals surface area contributed by atoms with Crippen LogP contribution in [0.3, 0.4) is 0 Å². The third-order valence-corrected chi connectivity index (χ3v) is 5.19. The zero-order chi connectivity index (χ0) is 17.5. The van der Waals surface area contributed by atoms with Gasteiger partial charge in [-0.05, 0) is 35.8 Å². The number of rotatable bonds is 8. The molecule has 0 unspecified atom stereocenters. The number of carbonyl (C=O) groups excluding carboxylic acids is 1. The van der Waals surface area contributed by atoms with Crippen molar-refractivity contribution in [2.75, 3.05) is 18.6 Å². The minimum atomic E-state index is -4.51. The molecule has 1 aromatic carbocycles. The van der Waals surface area contributed by atoms with Crippen molar-refractivity contribution in [1.82, 2.24) is 0 Å². The Hall–Kier alpha value is -1.08. The number of thioether (sulfide) groups is 2. The molecule has 0 amide bonds. The van der Waals surface area contributed by atoms with Gasteiger partial charge in [0.2, 0.25) is 0 Å². The molecule has 0 atom stereocenters. The van der Waals surface area contributed by atoms with E-state index >= 15 is 0 Å². The molecule has 23 heavy (non-hydrogen) atoms. The fourth-order valence-electron chi connectivity index (χ4n) is 1.81. The van der Waals surface area contributed by atoms with Crippen molar-refractivity contribution < 1.29 is 22.7 Å². The number of alkyl halides is 3. The summed E-state index contributed by atoms with van der Waals surface area (Å²) in [6.07, 6.45) is -5.16. The monoisotopic (exact) mass is 364 g/mol. The molecule has 0 heterocycles. The Morgan fingerprint density at radius 3 is 2.00 bits per heavy atom. The van der Waals surface area contributed by atoms with Crippen LogP contribution in [-0.2, 0) is 0 Å². The van der Waals surface area contributed by atoms with Gasteiger partial charge in [0.15, 0.2) is 5.78 Å². The highest BCUT2D eigenvalue weighted by Crippen LogP contribution is 2.41. The van der Waals surface area contributed by atoms with Gasteiger partial charge in [-0.3, -0.25) is 4.79 Å². The van der Waals surface area contributed by atoms with E-state index in [4.69, 9.17) is 4.74 Å². The molecule has 0 aliphatic rings. The number of Topliss-reactive ketones (excluding diaryl/α,β-unsaturated/α-hetero) is 1. The van der Waals surface area contributed by atoms with Crippen LogP contribution in [0.4, 0.5) is 13.2 Å². The molecule has 0 radical (unpaired) electrons. The van der Waals surface area contributed by atoms with Crippen molar-refractivity contribution in [3.05, 3.63) is 39.6 Å². The highest BCUT2D eigenvalue weighted by Gasteiger charge is 2.37. The molecule has 2 nitrogen and oxygen atoms in total. The lowest BCUT2D eigenvalue weighted by molar-refractivity contribution is -0.0931. The first-order valence-electron chi connectivity index (χ1n) is 7.06. The molecule has 0 bridgehead atoms. The molecule has 0 saturated carbocycles. The third-order valence-electron chi connectivity index (χ3n) is 2.89. The number of ether oxygens (including phenoxy) is 1. The van der Waals surface area contributed by atoms with Gasteiger partial charge in [0.1, 0.15) is 5.75 Å². The molecule has 7 heteroatoms. The summed E-state index contributed by atoms with van der Waals surface area (Å²) in [5.74, 6) is 1.06. The predicted molar refractivity (Wildman–Crippen MR) is 91.3 cm³/mol. The molecule has 1 aromatic rings. The van der Waals surface area contributed by atoms with Crippen molar-refractivity contribution in [3.63, 3.8) is 0 Å². The number of hydrogen-bond acceptors (Lipinski definition) is 4. The topological polar surface area (TPSA) is 26.3 Å². The summed E-state index contributed by atoms with van der Waals surface area (Å²) in [6.45, 7) is 3.58. The fraction of sp³-hybridized carbons (Fsp3) is 0.438. The molecule has 128 valence electrons. The Kier molecular flexibility index (Phi) is 8.05. The normalized spacial score (nSPS) is 11.2. The summed E-state index contributed by atoms with van der Waals surface area (Å²) in [7, 11) is 1.48. The first-order valence-corrected chi connectivity index (χ1v) is 9.03. The van der Waals surface area contributed by atoms with Crippen molar-refractivity contribution >= 4 is 29.3 Å². The van der Waals surface area contributed by atoms with Gasteiger partial charge in [-0.15, -0.1) is 23.5 Å². The van der Waals surface area contributed by atoms with Crippen LogP contribution >= 0.6 is 23.5 Å². The van der Waals surface area contributed by atoms with Gasteiger partial charge < -0.3 is 4.74 Å². The zero-order valence-electron chi connectivity index (χ0n) is 13.2. The SMILES string of the molecule is CCSC(SCC)=C(CC(=O)c1ccc(OC)cc1)C(F)(F)F. The standard InChI is InChI=1S/C16H19F3O2S2/c1-4-22-15(23-5-2)13(16(17,18)19)10-14(20)11-6-8-12(21-3)9-7-11/h6-9H,4-5,10H2,1-3H3. The number of halogens is 3. The molecule has 0 saturated heterocycles. The lowest BCUT2D eigenvalue weighted by atomic mass is 10.0. The van der Waals surface area contributed by atoms with E-state index in [0.29, 0.717) is 17.3 Å². The van der Waals surface area contributed by atoms with E-state index in [0.717, 1.165) is 23.5 Å². The van der Waals surface area contributed by atoms with Gasteiger partial charge in [-0.1, -0.05) is 13.8 Å². The summed E-state index contributed by atoms with van der Waals surface area (Å²) in [6, 6.07) is 6.09. The van der Waals surface area contributed by atoms with E-state index in [2.05, 4.69) is 0 Å². The van der Waals surface area contributed by atoms with E-state index in [1.54, 1.807) is 26.0 Å². The first-order chi connectivity index (χ1) is 10.8. The zero-order valence-corrected chi connectivity index (χ0v) is 14.8. The van der Waals surface area contributed by atoms with Gasteiger partial charge >= 0.3 is 6.18 Å². The second-order valence-corrected chi connectivity index (χ2v) is 7.27. The Morgan fingerprint density at radius 1 is 1.09 bits per heavy atom. The first kappa shape index (κ1) is 20.0. The molecular formula is C16H19F3O2S2. The summed E-state index contributed by atoms with van der Waals surface area (Å²) in [5.41, 5.74) is -0.507. The van der Waals surface area contributed by atoms with Crippen LogP contribution < -0.4 is 4.74 Å². The van der Waals surface area contributed by atoms with E-state index < -0.39 is 24.0 Å².